The third kappa shape index (κ3) is 7.26. The van der Waals surface area contributed by atoms with Crippen molar-refractivity contribution in [3.63, 3.8) is 0 Å². The van der Waals surface area contributed by atoms with Crippen molar-refractivity contribution in [2.45, 2.75) is 64.6 Å². The lowest BCUT2D eigenvalue weighted by molar-refractivity contribution is -0.398. The molecule has 1 fully saturated rings. The monoisotopic (exact) mass is 226 g/mol. The van der Waals surface area contributed by atoms with E-state index in [1.165, 1.54) is 44.9 Å². The second-order valence-electron chi connectivity index (χ2n) is 4.48. The summed E-state index contributed by atoms with van der Waals surface area (Å²) in [5.41, 5.74) is 0. The number of unbranched alkanes of at least 4 members (excludes halogenated alkanes) is 5. The van der Waals surface area contributed by atoms with E-state index >= 15 is 0 Å². The lowest BCUT2D eigenvalue weighted by Crippen LogP contribution is -2.30. The van der Waals surface area contributed by atoms with Crippen LogP contribution in [0.5, 0.6) is 0 Å². The van der Waals surface area contributed by atoms with E-state index in [1.54, 1.807) is 0 Å². The quantitative estimate of drug-likeness (QED) is 0.377. The van der Waals surface area contributed by atoms with E-state index in [0.29, 0.717) is 0 Å². The maximum Gasteiger partial charge on any atom is 0.250 e. The topological polar surface area (TPSA) is 21.7 Å². The summed E-state index contributed by atoms with van der Waals surface area (Å²) in [6.07, 6.45) is 11.3. The lowest BCUT2D eigenvalue weighted by Gasteiger charge is -2.21. The van der Waals surface area contributed by atoms with Crippen molar-refractivity contribution >= 4 is 7.41 Å². The Morgan fingerprint density at radius 1 is 1.06 bits per heavy atom. The molecule has 0 aliphatic carbocycles. The van der Waals surface area contributed by atoms with Crippen LogP contribution >= 0.6 is 0 Å². The van der Waals surface area contributed by atoms with Crippen LogP contribution in [-0.4, -0.2) is 25.5 Å². The number of hydrogen-bond donors (Lipinski definition) is 0. The molecule has 16 heavy (non-hydrogen) atoms. The molecular formula is C12H25BNO2. The Labute approximate surface area is 101 Å². The molecule has 0 bridgehead atoms. The standard InChI is InChI=1S/C12H25BNO2/c1-2-3-4-5-6-8-11-14-13-10-7-9-12-15-16-14/h2-12H2,1H3. The fourth-order valence-electron chi connectivity index (χ4n) is 1.85. The minimum atomic E-state index is 0.723. The van der Waals surface area contributed by atoms with Crippen molar-refractivity contribution in [1.82, 2.24) is 4.97 Å². The van der Waals surface area contributed by atoms with Crippen LogP contribution in [0.15, 0.2) is 0 Å². The second-order valence-corrected chi connectivity index (χ2v) is 4.48. The fraction of sp³-hybridized carbons (Fsp3) is 1.00. The molecule has 1 heterocycles. The molecule has 0 aromatic rings. The molecule has 0 amide bonds. The zero-order valence-electron chi connectivity index (χ0n) is 10.6. The molecule has 0 unspecified atom stereocenters. The van der Waals surface area contributed by atoms with Gasteiger partial charge in [0.25, 0.3) is 0 Å². The van der Waals surface area contributed by atoms with Crippen LogP contribution in [-0.2, 0) is 9.88 Å². The molecule has 0 spiro atoms. The van der Waals surface area contributed by atoms with Crippen LogP contribution in [0.2, 0.25) is 6.32 Å². The van der Waals surface area contributed by atoms with E-state index in [2.05, 4.69) is 14.3 Å². The van der Waals surface area contributed by atoms with Crippen LogP contribution in [0.3, 0.4) is 0 Å². The first-order valence-electron chi connectivity index (χ1n) is 6.83. The molecule has 1 saturated heterocycles. The Kier molecular flexibility index (Phi) is 8.86. The molecule has 0 N–H and O–H groups in total. The zero-order chi connectivity index (χ0) is 11.5. The van der Waals surface area contributed by atoms with Gasteiger partial charge in [0.1, 0.15) is 0 Å². The highest BCUT2D eigenvalue weighted by Crippen LogP contribution is 2.09. The predicted octanol–water partition coefficient (Wildman–Crippen LogP) is 3.34. The van der Waals surface area contributed by atoms with Gasteiger partial charge in [-0.25, -0.2) is 9.86 Å². The molecule has 1 aliphatic rings. The van der Waals surface area contributed by atoms with E-state index in [-0.39, 0.29) is 0 Å². The Morgan fingerprint density at radius 3 is 2.75 bits per heavy atom. The third-order valence-corrected chi connectivity index (χ3v) is 2.90. The Bertz CT molecular complexity index is 150. The average molecular weight is 226 g/mol. The summed E-state index contributed by atoms with van der Waals surface area (Å²) >= 11 is 0. The van der Waals surface area contributed by atoms with E-state index in [1.807, 2.05) is 4.97 Å². The largest absolute Gasteiger partial charge is 0.250 e. The summed E-state index contributed by atoms with van der Waals surface area (Å²) in [4.78, 5) is 12.1. The van der Waals surface area contributed by atoms with Gasteiger partial charge in [0.15, 0.2) is 0 Å². The number of hydrogen-bond acceptors (Lipinski definition) is 3. The van der Waals surface area contributed by atoms with Crippen LogP contribution < -0.4 is 0 Å². The van der Waals surface area contributed by atoms with Gasteiger partial charge < -0.3 is 0 Å². The van der Waals surface area contributed by atoms with Gasteiger partial charge in [0.2, 0.25) is 7.41 Å². The van der Waals surface area contributed by atoms with Crippen molar-refractivity contribution in [2.75, 3.05) is 13.2 Å². The molecular weight excluding hydrogens is 201 g/mol. The van der Waals surface area contributed by atoms with Gasteiger partial charge >= 0.3 is 0 Å². The number of nitrogens with zero attached hydrogens (tertiary/aromatic N) is 1. The minimum absolute atomic E-state index is 0.723. The number of hydroxylamine groups is 1. The van der Waals surface area contributed by atoms with Crippen LogP contribution in [0.1, 0.15) is 58.3 Å². The third-order valence-electron chi connectivity index (χ3n) is 2.90. The molecule has 1 radical (unpaired) electrons. The first-order valence-corrected chi connectivity index (χ1v) is 6.83. The Morgan fingerprint density at radius 2 is 1.88 bits per heavy atom. The van der Waals surface area contributed by atoms with E-state index in [4.69, 9.17) is 9.88 Å². The van der Waals surface area contributed by atoms with Crippen LogP contribution in [0.4, 0.5) is 0 Å². The van der Waals surface area contributed by atoms with Gasteiger partial charge in [0, 0.05) is 6.54 Å². The summed E-state index contributed by atoms with van der Waals surface area (Å²) in [5.74, 6) is 0. The Balaban J connectivity index is 1.93. The molecule has 0 saturated carbocycles. The first-order chi connectivity index (χ1) is 7.93. The highest BCUT2D eigenvalue weighted by molar-refractivity contribution is 6.31. The average Bonchev–Trinajstić information content (AvgIpc) is 2.25. The van der Waals surface area contributed by atoms with Gasteiger partial charge in [-0.2, -0.15) is 4.99 Å². The summed E-state index contributed by atoms with van der Waals surface area (Å²) in [6.45, 7) is 3.94. The minimum Gasteiger partial charge on any atom is -0.219 e. The van der Waals surface area contributed by atoms with E-state index < -0.39 is 0 Å². The van der Waals surface area contributed by atoms with Crippen molar-refractivity contribution in [1.29, 1.82) is 0 Å². The summed E-state index contributed by atoms with van der Waals surface area (Å²) < 4.78 is 0. The summed E-state index contributed by atoms with van der Waals surface area (Å²) in [5, 5.41) is 0. The first kappa shape index (κ1) is 14.0. The summed E-state index contributed by atoms with van der Waals surface area (Å²) in [6, 6.07) is 0. The molecule has 1 rings (SSSR count). The zero-order valence-corrected chi connectivity index (χ0v) is 10.6. The highest BCUT2D eigenvalue weighted by atomic mass is 17.3. The SMILES string of the molecule is CCCCCCCCN1[B]CCCCOO1. The smallest absolute Gasteiger partial charge is 0.219 e. The maximum atomic E-state index is 5.19. The molecule has 0 atom stereocenters. The van der Waals surface area contributed by atoms with Gasteiger partial charge in [-0.3, -0.25) is 0 Å². The van der Waals surface area contributed by atoms with Gasteiger partial charge in [-0.1, -0.05) is 51.8 Å². The normalized spacial score (nSPS) is 18.8. The van der Waals surface area contributed by atoms with E-state index in [0.717, 1.165) is 25.9 Å². The summed E-state index contributed by atoms with van der Waals surface area (Å²) in [7, 11) is 2.12. The molecule has 93 valence electrons. The van der Waals surface area contributed by atoms with Crippen molar-refractivity contribution < 1.29 is 9.88 Å². The van der Waals surface area contributed by atoms with Gasteiger partial charge in [-0.15, -0.1) is 0 Å². The lowest BCUT2D eigenvalue weighted by atomic mass is 9.85. The second kappa shape index (κ2) is 10.1. The molecule has 4 heteroatoms. The highest BCUT2D eigenvalue weighted by Gasteiger charge is 2.10. The van der Waals surface area contributed by atoms with Gasteiger partial charge in [0.05, 0.1) is 6.61 Å². The molecule has 0 aromatic heterocycles. The fourth-order valence-corrected chi connectivity index (χ4v) is 1.85. The van der Waals surface area contributed by atoms with Crippen molar-refractivity contribution in [2.24, 2.45) is 0 Å². The molecule has 0 aromatic carbocycles. The van der Waals surface area contributed by atoms with Crippen molar-refractivity contribution in [3.8, 4) is 0 Å². The van der Waals surface area contributed by atoms with E-state index in [9.17, 15) is 0 Å². The molecule has 1 aliphatic heterocycles. The number of rotatable bonds is 7. The molecule has 3 nitrogen and oxygen atoms in total. The van der Waals surface area contributed by atoms with Gasteiger partial charge in [-0.05, 0) is 12.8 Å². The maximum absolute atomic E-state index is 5.19. The van der Waals surface area contributed by atoms with Crippen LogP contribution in [0, 0.1) is 0 Å². The Hall–Kier alpha value is -0.0551. The van der Waals surface area contributed by atoms with Crippen LogP contribution in [0.25, 0.3) is 0 Å². The predicted molar refractivity (Wildman–Crippen MR) is 66.9 cm³/mol. The van der Waals surface area contributed by atoms with Crippen molar-refractivity contribution in [3.05, 3.63) is 0 Å².